The number of halogens is 4. The van der Waals surface area contributed by atoms with Crippen molar-refractivity contribution in [2.75, 3.05) is 19.6 Å². The Kier molecular flexibility index (Phi) is 13.9. The second-order valence-electron chi connectivity index (χ2n) is 5.90. The van der Waals surface area contributed by atoms with Crippen molar-refractivity contribution >= 4 is 48.0 Å². The third-order valence-corrected chi connectivity index (χ3v) is 4.17. The number of hydrogen-bond donors (Lipinski definition) is 3. The maximum absolute atomic E-state index is 9.15. The van der Waals surface area contributed by atoms with Crippen molar-refractivity contribution in [1.82, 2.24) is 10.6 Å². The van der Waals surface area contributed by atoms with Crippen LogP contribution in [-0.4, -0.2) is 30.8 Å². The summed E-state index contributed by atoms with van der Waals surface area (Å²) < 4.78 is 5.77. The van der Waals surface area contributed by atoms with Crippen LogP contribution in [0.1, 0.15) is 18.1 Å². The summed E-state index contributed by atoms with van der Waals surface area (Å²) in [7, 11) is 0. The molecule has 0 saturated carbocycles. The minimum Gasteiger partial charge on any atom is -0.489 e. The molecule has 0 spiro atoms. The van der Waals surface area contributed by atoms with E-state index in [9.17, 15) is 0 Å². The van der Waals surface area contributed by atoms with E-state index in [-0.39, 0.29) is 30.9 Å². The quantitative estimate of drug-likeness (QED) is 0.462. The van der Waals surface area contributed by atoms with Gasteiger partial charge >= 0.3 is 0 Å². The number of benzene rings is 2. The van der Waals surface area contributed by atoms with Crippen molar-refractivity contribution in [2.45, 2.75) is 26.2 Å². The Morgan fingerprint density at radius 1 is 1.00 bits per heavy atom. The normalized spacial score (nSPS) is 11.3. The van der Waals surface area contributed by atoms with Crippen LogP contribution in [0.25, 0.3) is 0 Å². The number of ether oxygens (including phenoxy) is 1. The Balaban J connectivity index is 0.00000338. The summed E-state index contributed by atoms with van der Waals surface area (Å²) in [6.07, 6.45) is -0.310. The molecule has 0 saturated heterocycles. The molecule has 3 N–H and O–H groups in total. The zero-order valence-corrected chi connectivity index (χ0v) is 18.2. The lowest BCUT2D eigenvalue weighted by molar-refractivity contribution is 0.191. The van der Waals surface area contributed by atoms with Gasteiger partial charge in [0.1, 0.15) is 12.4 Å². The fourth-order valence-corrected chi connectivity index (χ4v) is 2.69. The van der Waals surface area contributed by atoms with Gasteiger partial charge in [-0.2, -0.15) is 0 Å². The molecule has 8 heteroatoms. The molecule has 0 aliphatic rings. The lowest BCUT2D eigenvalue weighted by atomic mass is 10.2. The van der Waals surface area contributed by atoms with Gasteiger partial charge in [0, 0.05) is 41.8 Å². The Hall–Kier alpha value is -0.720. The lowest BCUT2D eigenvalue weighted by Gasteiger charge is -2.10. The zero-order chi connectivity index (χ0) is 18.1. The summed E-state index contributed by atoms with van der Waals surface area (Å²) in [4.78, 5) is 0. The van der Waals surface area contributed by atoms with E-state index >= 15 is 0 Å². The number of aliphatic hydroxyl groups is 1. The van der Waals surface area contributed by atoms with E-state index in [2.05, 4.69) is 10.6 Å². The topological polar surface area (TPSA) is 53.5 Å². The van der Waals surface area contributed by atoms with E-state index in [1.807, 2.05) is 30.3 Å². The predicted molar refractivity (Wildman–Crippen MR) is 118 cm³/mol. The van der Waals surface area contributed by atoms with E-state index in [1.54, 1.807) is 19.1 Å². The van der Waals surface area contributed by atoms with Crippen LogP contribution in [0.5, 0.6) is 5.75 Å². The molecule has 27 heavy (non-hydrogen) atoms. The predicted octanol–water partition coefficient (Wildman–Crippen LogP) is 4.48. The molecular weight excluding hydrogens is 430 g/mol. The van der Waals surface area contributed by atoms with E-state index in [0.29, 0.717) is 23.2 Å². The van der Waals surface area contributed by atoms with Crippen molar-refractivity contribution in [3.63, 3.8) is 0 Å². The smallest absolute Gasteiger partial charge is 0.119 e. The number of aliphatic hydroxyl groups excluding tert-OH is 1. The molecular formula is C19H26Cl4N2O2. The third-order valence-electron chi connectivity index (χ3n) is 3.58. The fraction of sp³-hybridized carbons (Fsp3) is 0.368. The van der Waals surface area contributed by atoms with Crippen molar-refractivity contribution < 1.29 is 9.84 Å². The van der Waals surface area contributed by atoms with Crippen LogP contribution in [0.2, 0.25) is 10.0 Å². The van der Waals surface area contributed by atoms with Crippen molar-refractivity contribution in [1.29, 1.82) is 0 Å². The molecule has 1 unspecified atom stereocenters. The summed E-state index contributed by atoms with van der Waals surface area (Å²) in [6, 6.07) is 13.4. The van der Waals surface area contributed by atoms with E-state index in [4.69, 9.17) is 33.0 Å². The largest absolute Gasteiger partial charge is 0.489 e. The standard InChI is InChI=1S/C19H24Cl2N2O2.2ClH/c1-14(24)11-22-8-9-23-12-15-2-6-18(7-3-15)25-13-16-4-5-17(20)10-19(16)21;;/h2-7,10,14,22-24H,8-9,11-13H2,1H3;2*1H. The van der Waals surface area contributed by atoms with E-state index in [1.165, 1.54) is 5.56 Å². The van der Waals surface area contributed by atoms with Crippen molar-refractivity contribution in [3.8, 4) is 5.75 Å². The second kappa shape index (κ2) is 14.3. The number of hydrogen-bond acceptors (Lipinski definition) is 4. The van der Waals surface area contributed by atoms with Gasteiger partial charge in [-0.1, -0.05) is 41.4 Å². The molecule has 1 atom stereocenters. The van der Waals surface area contributed by atoms with Gasteiger partial charge in [0.2, 0.25) is 0 Å². The minimum absolute atomic E-state index is 0. The molecule has 0 aliphatic carbocycles. The Bertz CT molecular complexity index is 655. The van der Waals surface area contributed by atoms with Gasteiger partial charge in [-0.3, -0.25) is 0 Å². The van der Waals surface area contributed by atoms with Crippen molar-refractivity contribution in [2.24, 2.45) is 0 Å². The van der Waals surface area contributed by atoms with Gasteiger partial charge in [0.15, 0.2) is 0 Å². The number of rotatable bonds is 10. The van der Waals surface area contributed by atoms with Crippen LogP contribution in [0, 0.1) is 0 Å². The Morgan fingerprint density at radius 3 is 2.30 bits per heavy atom. The SMILES string of the molecule is CC(O)CNCCNCc1ccc(OCc2ccc(Cl)cc2Cl)cc1.Cl.Cl. The molecule has 2 aromatic rings. The summed E-state index contributed by atoms with van der Waals surface area (Å²) in [5.41, 5.74) is 2.09. The monoisotopic (exact) mass is 454 g/mol. The molecule has 0 heterocycles. The first-order valence-corrected chi connectivity index (χ1v) is 9.05. The Labute approximate surface area is 183 Å². The first-order chi connectivity index (χ1) is 12.0. The van der Waals surface area contributed by atoms with E-state index in [0.717, 1.165) is 30.9 Å². The molecule has 0 bridgehead atoms. The van der Waals surface area contributed by atoms with Gasteiger partial charge in [-0.25, -0.2) is 0 Å². The zero-order valence-electron chi connectivity index (χ0n) is 15.1. The van der Waals surface area contributed by atoms with Crippen LogP contribution >= 0.6 is 48.0 Å². The van der Waals surface area contributed by atoms with Crippen LogP contribution in [0.4, 0.5) is 0 Å². The third kappa shape index (κ3) is 10.4. The minimum atomic E-state index is -0.310. The molecule has 2 rings (SSSR count). The summed E-state index contributed by atoms with van der Waals surface area (Å²) in [6.45, 7) is 5.26. The first-order valence-electron chi connectivity index (χ1n) is 8.30. The molecule has 0 fully saturated rings. The highest BCUT2D eigenvalue weighted by atomic mass is 35.5. The van der Waals surface area contributed by atoms with Crippen molar-refractivity contribution in [3.05, 3.63) is 63.6 Å². The Morgan fingerprint density at radius 2 is 1.67 bits per heavy atom. The van der Waals surface area contributed by atoms with E-state index < -0.39 is 0 Å². The van der Waals surface area contributed by atoms with Gasteiger partial charge in [-0.15, -0.1) is 24.8 Å². The van der Waals surface area contributed by atoms with Gasteiger partial charge in [0.05, 0.1) is 6.10 Å². The maximum atomic E-state index is 9.15. The number of nitrogens with one attached hydrogen (secondary N) is 2. The summed E-state index contributed by atoms with van der Waals surface area (Å²) in [5.74, 6) is 0.799. The molecule has 0 amide bonds. The van der Waals surface area contributed by atoms with Crippen LogP contribution in [0.15, 0.2) is 42.5 Å². The molecule has 0 aromatic heterocycles. The average molecular weight is 456 g/mol. The van der Waals surface area contributed by atoms with Gasteiger partial charge in [0.25, 0.3) is 0 Å². The van der Waals surface area contributed by atoms with Crippen LogP contribution in [0.3, 0.4) is 0 Å². The molecule has 152 valence electrons. The van der Waals surface area contributed by atoms with Crippen LogP contribution in [-0.2, 0) is 13.2 Å². The lowest BCUT2D eigenvalue weighted by Crippen LogP contribution is -2.31. The summed E-state index contributed by atoms with van der Waals surface area (Å²) in [5, 5.41) is 16.9. The first kappa shape index (κ1) is 26.3. The molecule has 0 aliphatic heterocycles. The summed E-state index contributed by atoms with van der Waals surface area (Å²) >= 11 is 12.0. The highest BCUT2D eigenvalue weighted by Gasteiger charge is 2.03. The maximum Gasteiger partial charge on any atom is 0.119 e. The highest BCUT2D eigenvalue weighted by molar-refractivity contribution is 6.35. The highest BCUT2D eigenvalue weighted by Crippen LogP contribution is 2.22. The van der Waals surface area contributed by atoms with Crippen LogP contribution < -0.4 is 15.4 Å². The molecule has 4 nitrogen and oxygen atoms in total. The average Bonchev–Trinajstić information content (AvgIpc) is 2.58. The molecule has 2 aromatic carbocycles. The fourth-order valence-electron chi connectivity index (χ4n) is 2.22. The van der Waals surface area contributed by atoms with Gasteiger partial charge < -0.3 is 20.5 Å². The second-order valence-corrected chi connectivity index (χ2v) is 6.74. The van der Waals surface area contributed by atoms with Gasteiger partial charge in [-0.05, 0) is 36.8 Å². The molecule has 0 radical (unpaired) electrons.